The Balaban J connectivity index is 2.70. The zero-order valence-electron chi connectivity index (χ0n) is 11.7. The molecule has 4 nitrogen and oxygen atoms in total. The summed E-state index contributed by atoms with van der Waals surface area (Å²) >= 11 is 6.15. The van der Waals surface area contributed by atoms with Crippen molar-refractivity contribution in [2.24, 2.45) is 0 Å². The summed E-state index contributed by atoms with van der Waals surface area (Å²) in [6, 6.07) is 5.46. The zero-order valence-corrected chi connectivity index (χ0v) is 12.5. The fourth-order valence-electron chi connectivity index (χ4n) is 2.24. The standard InChI is InChI=1S/C15H16ClNO3/c1-4-17(5-2)10-6-7-11-12(8-10)20-15(19)13(9(3)18)14(11)16/h6-8H,4-5H2,1-3H3. The van der Waals surface area contributed by atoms with Crippen LogP contribution < -0.4 is 10.5 Å². The second kappa shape index (κ2) is 5.67. The van der Waals surface area contributed by atoms with Crippen molar-refractivity contribution >= 4 is 34.0 Å². The normalized spacial score (nSPS) is 10.8. The lowest BCUT2D eigenvalue weighted by atomic mass is 10.1. The summed E-state index contributed by atoms with van der Waals surface area (Å²) in [6.45, 7) is 7.11. The van der Waals surface area contributed by atoms with Gasteiger partial charge in [0.15, 0.2) is 5.78 Å². The van der Waals surface area contributed by atoms with Gasteiger partial charge in [-0.25, -0.2) is 4.79 Å². The summed E-state index contributed by atoms with van der Waals surface area (Å²) in [5, 5.41) is 0.738. The van der Waals surface area contributed by atoms with E-state index in [2.05, 4.69) is 18.7 Å². The average molecular weight is 294 g/mol. The molecule has 0 spiro atoms. The highest BCUT2D eigenvalue weighted by atomic mass is 35.5. The van der Waals surface area contributed by atoms with E-state index in [1.165, 1.54) is 6.92 Å². The largest absolute Gasteiger partial charge is 0.422 e. The molecule has 0 radical (unpaired) electrons. The predicted octanol–water partition coefficient (Wildman–Crippen LogP) is 3.50. The minimum atomic E-state index is -0.688. The Labute approximate surface area is 121 Å². The quantitative estimate of drug-likeness (QED) is 0.639. The summed E-state index contributed by atoms with van der Waals surface area (Å²) < 4.78 is 5.23. The van der Waals surface area contributed by atoms with E-state index < -0.39 is 11.4 Å². The third-order valence-electron chi connectivity index (χ3n) is 3.31. The molecule has 1 aromatic carbocycles. The number of carbonyl (C=O) groups excluding carboxylic acids is 1. The van der Waals surface area contributed by atoms with E-state index in [0.717, 1.165) is 18.8 Å². The minimum Gasteiger partial charge on any atom is -0.422 e. The lowest BCUT2D eigenvalue weighted by Crippen LogP contribution is -2.21. The van der Waals surface area contributed by atoms with Crippen LogP contribution >= 0.6 is 11.6 Å². The SMILES string of the molecule is CCN(CC)c1ccc2c(Cl)c(C(C)=O)c(=O)oc2c1. The number of rotatable bonds is 4. The van der Waals surface area contributed by atoms with Crippen LogP contribution in [0.15, 0.2) is 27.4 Å². The summed E-state index contributed by atoms with van der Waals surface area (Å²) in [7, 11) is 0. The maximum atomic E-state index is 11.8. The van der Waals surface area contributed by atoms with Crippen LogP contribution in [0.1, 0.15) is 31.1 Å². The fourth-order valence-corrected chi connectivity index (χ4v) is 2.60. The monoisotopic (exact) mass is 293 g/mol. The molecule has 0 atom stereocenters. The van der Waals surface area contributed by atoms with E-state index in [4.69, 9.17) is 16.0 Å². The highest BCUT2D eigenvalue weighted by Gasteiger charge is 2.17. The highest BCUT2D eigenvalue weighted by Crippen LogP contribution is 2.28. The molecule has 20 heavy (non-hydrogen) atoms. The summed E-state index contributed by atoms with van der Waals surface area (Å²) in [5.41, 5.74) is 0.577. The van der Waals surface area contributed by atoms with Crippen molar-refractivity contribution in [2.45, 2.75) is 20.8 Å². The number of fused-ring (bicyclic) bond motifs is 1. The molecule has 0 saturated heterocycles. The van der Waals surface area contributed by atoms with E-state index in [1.54, 1.807) is 12.1 Å². The van der Waals surface area contributed by atoms with Gasteiger partial charge in [0.25, 0.3) is 0 Å². The molecule has 0 saturated carbocycles. The molecule has 0 aliphatic heterocycles. The molecule has 0 fully saturated rings. The topological polar surface area (TPSA) is 50.5 Å². The average Bonchev–Trinajstić information content (AvgIpc) is 2.39. The smallest absolute Gasteiger partial charge is 0.348 e. The summed E-state index contributed by atoms with van der Waals surface area (Å²) in [6.07, 6.45) is 0. The van der Waals surface area contributed by atoms with Gasteiger partial charge >= 0.3 is 5.63 Å². The fraction of sp³-hybridized carbons (Fsp3) is 0.333. The van der Waals surface area contributed by atoms with E-state index in [0.29, 0.717) is 11.0 Å². The molecule has 1 heterocycles. The van der Waals surface area contributed by atoms with Crippen molar-refractivity contribution < 1.29 is 9.21 Å². The Morgan fingerprint density at radius 3 is 2.50 bits per heavy atom. The number of benzene rings is 1. The van der Waals surface area contributed by atoms with E-state index in [-0.39, 0.29) is 10.6 Å². The third kappa shape index (κ3) is 2.43. The molecular weight excluding hydrogens is 278 g/mol. The van der Waals surface area contributed by atoms with E-state index >= 15 is 0 Å². The molecule has 1 aromatic heterocycles. The maximum absolute atomic E-state index is 11.8. The van der Waals surface area contributed by atoms with Crippen LogP contribution in [0.4, 0.5) is 5.69 Å². The van der Waals surface area contributed by atoms with Gasteiger partial charge in [-0.1, -0.05) is 11.6 Å². The van der Waals surface area contributed by atoms with E-state index in [1.807, 2.05) is 6.07 Å². The van der Waals surface area contributed by atoms with Crippen LogP contribution in [0, 0.1) is 0 Å². The lowest BCUT2D eigenvalue weighted by molar-refractivity contribution is 0.101. The molecule has 2 aromatic rings. The van der Waals surface area contributed by atoms with Gasteiger partial charge in [-0.05, 0) is 32.9 Å². The van der Waals surface area contributed by atoms with Crippen molar-refractivity contribution in [2.75, 3.05) is 18.0 Å². The molecule has 0 aliphatic rings. The molecule has 0 bridgehead atoms. The predicted molar refractivity (Wildman–Crippen MR) is 81.1 cm³/mol. The van der Waals surface area contributed by atoms with Crippen LogP contribution in [-0.4, -0.2) is 18.9 Å². The first kappa shape index (κ1) is 14.6. The molecule has 0 N–H and O–H groups in total. The van der Waals surface area contributed by atoms with Crippen molar-refractivity contribution in [1.82, 2.24) is 0 Å². The van der Waals surface area contributed by atoms with Crippen molar-refractivity contribution in [3.8, 4) is 0 Å². The van der Waals surface area contributed by atoms with Gasteiger partial charge in [0.05, 0.1) is 5.02 Å². The van der Waals surface area contributed by atoms with Crippen molar-refractivity contribution in [1.29, 1.82) is 0 Å². The zero-order chi connectivity index (χ0) is 14.9. The summed E-state index contributed by atoms with van der Waals surface area (Å²) in [5.74, 6) is -0.390. The number of hydrogen-bond acceptors (Lipinski definition) is 4. The van der Waals surface area contributed by atoms with Crippen LogP contribution in [0.25, 0.3) is 11.0 Å². The Hall–Kier alpha value is -1.81. The third-order valence-corrected chi connectivity index (χ3v) is 3.70. The molecular formula is C15H16ClNO3. The first-order chi connectivity index (χ1) is 9.49. The highest BCUT2D eigenvalue weighted by molar-refractivity contribution is 6.38. The van der Waals surface area contributed by atoms with Crippen molar-refractivity contribution in [3.05, 3.63) is 39.2 Å². The van der Waals surface area contributed by atoms with Gasteiger partial charge in [0.2, 0.25) is 0 Å². The number of hydrogen-bond donors (Lipinski definition) is 0. The molecule has 0 amide bonds. The van der Waals surface area contributed by atoms with E-state index in [9.17, 15) is 9.59 Å². The van der Waals surface area contributed by atoms with Gasteiger partial charge < -0.3 is 9.32 Å². The first-order valence-electron chi connectivity index (χ1n) is 6.51. The second-order valence-corrected chi connectivity index (χ2v) is 4.87. The maximum Gasteiger partial charge on any atom is 0.348 e. The van der Waals surface area contributed by atoms with Gasteiger partial charge in [-0.3, -0.25) is 4.79 Å². The Kier molecular flexibility index (Phi) is 4.14. The van der Waals surface area contributed by atoms with Crippen LogP contribution in [-0.2, 0) is 0 Å². The molecule has 2 rings (SSSR count). The molecule has 106 valence electrons. The lowest BCUT2D eigenvalue weighted by Gasteiger charge is -2.21. The molecule has 0 aliphatic carbocycles. The van der Waals surface area contributed by atoms with Crippen molar-refractivity contribution in [3.63, 3.8) is 0 Å². The van der Waals surface area contributed by atoms with Gasteiger partial charge in [-0.2, -0.15) is 0 Å². The minimum absolute atomic E-state index is 0.0882. The number of carbonyl (C=O) groups is 1. The number of anilines is 1. The number of nitrogens with zero attached hydrogens (tertiary/aromatic N) is 1. The van der Waals surface area contributed by atoms with Crippen LogP contribution in [0.5, 0.6) is 0 Å². The first-order valence-corrected chi connectivity index (χ1v) is 6.89. The second-order valence-electron chi connectivity index (χ2n) is 4.49. The molecule has 0 unspecified atom stereocenters. The number of ketones is 1. The number of halogens is 1. The Morgan fingerprint density at radius 1 is 1.30 bits per heavy atom. The Morgan fingerprint density at radius 2 is 1.95 bits per heavy atom. The van der Waals surface area contributed by atoms with Gasteiger partial charge in [0.1, 0.15) is 11.1 Å². The Bertz CT molecular complexity index is 717. The summed E-state index contributed by atoms with van der Waals surface area (Å²) in [4.78, 5) is 25.4. The van der Waals surface area contributed by atoms with Crippen LogP contribution in [0.3, 0.4) is 0 Å². The number of Topliss-reactive ketones (excluding diaryl/α,β-unsaturated/α-hetero) is 1. The van der Waals surface area contributed by atoms with Gasteiger partial charge in [0, 0.05) is 30.2 Å². The molecule has 5 heteroatoms. The van der Waals surface area contributed by atoms with Crippen LogP contribution in [0.2, 0.25) is 5.02 Å². The van der Waals surface area contributed by atoms with Gasteiger partial charge in [-0.15, -0.1) is 0 Å².